The van der Waals surface area contributed by atoms with Crippen LogP contribution < -0.4 is 16.7 Å². The van der Waals surface area contributed by atoms with E-state index in [4.69, 9.17) is 5.73 Å². The predicted octanol–water partition coefficient (Wildman–Crippen LogP) is -1.000. The number of hydrogen-bond donors (Lipinski definition) is 4. The third-order valence-corrected chi connectivity index (χ3v) is 2.50. The maximum atomic E-state index is 11.1. The number of carbonyl (C=O) groups is 2. The Morgan fingerprint density at radius 1 is 1.22 bits per heavy atom. The topological polar surface area (TPSA) is 121 Å². The van der Waals surface area contributed by atoms with Crippen LogP contribution in [-0.4, -0.2) is 28.3 Å². The van der Waals surface area contributed by atoms with Gasteiger partial charge in [-0.15, -0.1) is 0 Å². The molecule has 7 nitrogen and oxygen atoms in total. The number of nitrogens with two attached hydrogens (primary N) is 1. The van der Waals surface area contributed by atoms with Crippen molar-refractivity contribution in [1.29, 1.82) is 0 Å². The molecule has 94 valence electrons. The summed E-state index contributed by atoms with van der Waals surface area (Å²) in [5.74, 6) is -1.80. The van der Waals surface area contributed by atoms with Gasteiger partial charge < -0.3 is 21.0 Å². The van der Waals surface area contributed by atoms with Crippen molar-refractivity contribution in [2.45, 2.75) is 6.42 Å². The number of benzene rings is 1. The lowest BCUT2D eigenvalue weighted by Crippen LogP contribution is -2.37. The maximum Gasteiger partial charge on any atom is 0.323 e. The summed E-state index contributed by atoms with van der Waals surface area (Å²) in [5.41, 5.74) is 6.90. The highest BCUT2D eigenvalue weighted by Gasteiger charge is 2.07. The summed E-state index contributed by atoms with van der Waals surface area (Å²) in [5, 5.41) is 2.39. The van der Waals surface area contributed by atoms with Crippen LogP contribution in [0.15, 0.2) is 23.0 Å². The second-order valence-corrected chi connectivity index (χ2v) is 3.83. The van der Waals surface area contributed by atoms with Crippen LogP contribution in [0.1, 0.15) is 5.56 Å². The molecule has 2 aromatic rings. The van der Waals surface area contributed by atoms with Gasteiger partial charge in [-0.1, -0.05) is 6.07 Å². The molecular weight excluding hydrogens is 236 g/mol. The molecule has 0 unspecified atom stereocenters. The van der Waals surface area contributed by atoms with Gasteiger partial charge in [-0.2, -0.15) is 0 Å². The molecule has 7 heteroatoms. The van der Waals surface area contributed by atoms with Crippen LogP contribution in [0.3, 0.4) is 0 Å². The molecule has 2 amide bonds. The predicted molar refractivity (Wildman–Crippen MR) is 64.8 cm³/mol. The molecule has 1 aromatic carbocycles. The van der Waals surface area contributed by atoms with E-state index in [0.717, 1.165) is 11.1 Å². The molecule has 0 aliphatic carbocycles. The molecular formula is C11H12N4O3. The number of imidazole rings is 1. The number of nitrogens with one attached hydrogen (secondary N) is 3. The molecule has 0 saturated heterocycles. The number of primary amides is 1. The molecule has 0 saturated carbocycles. The quantitative estimate of drug-likeness (QED) is 0.521. The summed E-state index contributed by atoms with van der Waals surface area (Å²) in [6.45, 7) is 0.307. The van der Waals surface area contributed by atoms with E-state index < -0.39 is 11.8 Å². The zero-order valence-electron chi connectivity index (χ0n) is 9.45. The van der Waals surface area contributed by atoms with Crippen molar-refractivity contribution in [2.24, 2.45) is 5.73 Å². The van der Waals surface area contributed by atoms with Crippen molar-refractivity contribution < 1.29 is 9.59 Å². The molecule has 1 aromatic heterocycles. The van der Waals surface area contributed by atoms with E-state index in [9.17, 15) is 14.4 Å². The summed E-state index contributed by atoms with van der Waals surface area (Å²) in [7, 11) is 0. The highest BCUT2D eigenvalue weighted by Crippen LogP contribution is 2.10. The molecule has 0 atom stereocenters. The Kier molecular flexibility index (Phi) is 3.13. The lowest BCUT2D eigenvalue weighted by molar-refractivity contribution is -0.137. The Morgan fingerprint density at radius 3 is 2.67 bits per heavy atom. The summed E-state index contributed by atoms with van der Waals surface area (Å²) in [4.78, 5) is 37.7. The van der Waals surface area contributed by atoms with E-state index in [1.54, 1.807) is 6.07 Å². The number of hydrogen-bond acceptors (Lipinski definition) is 3. The van der Waals surface area contributed by atoms with Crippen LogP contribution in [0.25, 0.3) is 11.0 Å². The standard InChI is InChI=1S/C11H12N4O3/c12-9(16)10(17)13-4-3-6-1-2-7-8(5-6)15-11(18)14-7/h1-2,5H,3-4H2,(H2,12,16)(H,13,17)(H2,14,15,18). The number of aromatic amines is 2. The summed E-state index contributed by atoms with van der Waals surface area (Å²) < 4.78 is 0. The minimum absolute atomic E-state index is 0.260. The van der Waals surface area contributed by atoms with Crippen LogP contribution in [0, 0.1) is 0 Å². The molecule has 0 aliphatic rings. The Labute approximate surface area is 101 Å². The van der Waals surface area contributed by atoms with E-state index in [1.807, 2.05) is 12.1 Å². The van der Waals surface area contributed by atoms with Crippen LogP contribution in [0.4, 0.5) is 0 Å². The van der Waals surface area contributed by atoms with Crippen LogP contribution in [0.5, 0.6) is 0 Å². The highest BCUT2D eigenvalue weighted by atomic mass is 16.2. The third-order valence-electron chi connectivity index (χ3n) is 2.50. The van der Waals surface area contributed by atoms with Gasteiger partial charge in [0.25, 0.3) is 0 Å². The Morgan fingerprint density at radius 2 is 1.94 bits per heavy atom. The van der Waals surface area contributed by atoms with E-state index in [0.29, 0.717) is 18.5 Å². The molecule has 2 rings (SSSR count). The Hall–Kier alpha value is -2.57. The SMILES string of the molecule is NC(=O)C(=O)NCCc1ccc2[nH]c(=O)[nH]c2c1. The van der Waals surface area contributed by atoms with Gasteiger partial charge in [0.15, 0.2) is 0 Å². The average Bonchev–Trinajstić information content (AvgIpc) is 2.68. The zero-order valence-corrected chi connectivity index (χ0v) is 9.45. The number of amides is 2. The van der Waals surface area contributed by atoms with Gasteiger partial charge >= 0.3 is 17.5 Å². The largest absolute Gasteiger partial charge is 0.361 e. The van der Waals surface area contributed by atoms with Gasteiger partial charge in [-0.3, -0.25) is 9.59 Å². The lowest BCUT2D eigenvalue weighted by Gasteiger charge is -2.03. The molecule has 5 N–H and O–H groups in total. The van der Waals surface area contributed by atoms with Gasteiger partial charge in [-0.05, 0) is 24.1 Å². The number of H-pyrrole nitrogens is 2. The van der Waals surface area contributed by atoms with Crippen LogP contribution in [-0.2, 0) is 16.0 Å². The fourth-order valence-corrected chi connectivity index (χ4v) is 1.64. The van der Waals surface area contributed by atoms with Gasteiger partial charge in [0.2, 0.25) is 0 Å². The van der Waals surface area contributed by atoms with Gasteiger partial charge in [0, 0.05) is 6.54 Å². The van der Waals surface area contributed by atoms with E-state index in [-0.39, 0.29) is 5.69 Å². The van der Waals surface area contributed by atoms with Crippen molar-refractivity contribution >= 4 is 22.8 Å². The Balaban J connectivity index is 2.01. The normalized spacial score (nSPS) is 10.4. The summed E-state index contributed by atoms with van der Waals surface area (Å²) in [6, 6.07) is 5.42. The Bertz CT molecular complexity index is 656. The fourth-order valence-electron chi connectivity index (χ4n) is 1.64. The van der Waals surface area contributed by atoms with Gasteiger partial charge in [0.1, 0.15) is 0 Å². The first kappa shape index (κ1) is 11.9. The van der Waals surface area contributed by atoms with Gasteiger partial charge in [-0.25, -0.2) is 4.79 Å². The van der Waals surface area contributed by atoms with E-state index >= 15 is 0 Å². The fraction of sp³-hybridized carbons (Fsp3) is 0.182. The summed E-state index contributed by atoms with van der Waals surface area (Å²) in [6.07, 6.45) is 0.544. The van der Waals surface area contributed by atoms with E-state index in [1.165, 1.54) is 0 Å². The number of carbonyl (C=O) groups excluding carboxylic acids is 2. The maximum absolute atomic E-state index is 11.1. The second kappa shape index (κ2) is 4.74. The van der Waals surface area contributed by atoms with Crippen molar-refractivity contribution in [3.05, 3.63) is 34.2 Å². The van der Waals surface area contributed by atoms with Crippen LogP contribution in [0.2, 0.25) is 0 Å². The minimum Gasteiger partial charge on any atom is -0.361 e. The van der Waals surface area contributed by atoms with Crippen molar-refractivity contribution in [3.63, 3.8) is 0 Å². The first-order valence-corrected chi connectivity index (χ1v) is 5.35. The van der Waals surface area contributed by atoms with Crippen molar-refractivity contribution in [1.82, 2.24) is 15.3 Å². The van der Waals surface area contributed by atoms with Crippen molar-refractivity contribution in [3.8, 4) is 0 Å². The summed E-state index contributed by atoms with van der Waals surface area (Å²) >= 11 is 0. The lowest BCUT2D eigenvalue weighted by atomic mass is 10.1. The minimum atomic E-state index is -1.000. The second-order valence-electron chi connectivity index (χ2n) is 3.83. The molecule has 18 heavy (non-hydrogen) atoms. The molecule has 0 radical (unpaired) electrons. The third kappa shape index (κ3) is 2.57. The number of aromatic nitrogens is 2. The first-order valence-electron chi connectivity index (χ1n) is 5.35. The van der Waals surface area contributed by atoms with Gasteiger partial charge in [0.05, 0.1) is 11.0 Å². The highest BCUT2D eigenvalue weighted by molar-refractivity contribution is 6.34. The molecule has 0 spiro atoms. The first-order chi connectivity index (χ1) is 8.56. The van der Waals surface area contributed by atoms with Crippen molar-refractivity contribution in [2.75, 3.05) is 6.54 Å². The zero-order chi connectivity index (χ0) is 13.1. The molecule has 1 heterocycles. The number of fused-ring (bicyclic) bond motifs is 1. The molecule has 0 aliphatic heterocycles. The number of rotatable bonds is 3. The monoisotopic (exact) mass is 248 g/mol. The van der Waals surface area contributed by atoms with E-state index in [2.05, 4.69) is 15.3 Å². The molecule has 0 fully saturated rings. The van der Waals surface area contributed by atoms with Crippen LogP contribution >= 0.6 is 0 Å². The molecule has 0 bridgehead atoms. The average molecular weight is 248 g/mol. The smallest absolute Gasteiger partial charge is 0.323 e.